The van der Waals surface area contributed by atoms with E-state index in [9.17, 15) is 0 Å². The Kier molecular flexibility index (Phi) is 5.12. The Bertz CT molecular complexity index is 313. The van der Waals surface area contributed by atoms with Crippen LogP contribution in [0.5, 0.6) is 11.5 Å². The van der Waals surface area contributed by atoms with E-state index in [0.717, 1.165) is 11.5 Å². The number of methoxy groups -OCH3 is 1. The Hall–Kier alpha value is -1.22. The summed E-state index contributed by atoms with van der Waals surface area (Å²) in [5, 5.41) is 3.24. The summed E-state index contributed by atoms with van der Waals surface area (Å²) in [6.07, 6.45) is 0. The van der Waals surface area contributed by atoms with Crippen LogP contribution in [0.3, 0.4) is 0 Å². The molecule has 0 heterocycles. The third-order valence-corrected chi connectivity index (χ3v) is 2.65. The predicted octanol–water partition coefficient (Wildman–Crippen LogP) is 2.32. The summed E-state index contributed by atoms with van der Waals surface area (Å²) in [5.41, 5.74) is 0. The highest BCUT2D eigenvalue weighted by atomic mass is 16.5. The second kappa shape index (κ2) is 6.38. The molecule has 1 rings (SSSR count). The largest absolute Gasteiger partial charge is 0.497 e. The first-order chi connectivity index (χ1) is 7.67. The van der Waals surface area contributed by atoms with Crippen LogP contribution in [-0.4, -0.2) is 26.8 Å². The van der Waals surface area contributed by atoms with Gasteiger partial charge in [-0.05, 0) is 25.1 Å². The van der Waals surface area contributed by atoms with Crippen molar-refractivity contribution < 1.29 is 9.47 Å². The number of hydrogen-bond acceptors (Lipinski definition) is 3. The van der Waals surface area contributed by atoms with Crippen LogP contribution in [0.1, 0.15) is 13.8 Å². The number of likely N-dealkylation sites (N-methyl/N-ethyl adjacent to an activating group) is 1. The molecule has 0 aliphatic carbocycles. The van der Waals surface area contributed by atoms with E-state index < -0.39 is 0 Å². The molecule has 1 aromatic rings. The first kappa shape index (κ1) is 12.8. The van der Waals surface area contributed by atoms with Crippen LogP contribution in [0.2, 0.25) is 0 Å². The molecule has 0 aliphatic heterocycles. The van der Waals surface area contributed by atoms with Crippen LogP contribution in [-0.2, 0) is 0 Å². The number of ether oxygens (including phenoxy) is 2. The summed E-state index contributed by atoms with van der Waals surface area (Å²) < 4.78 is 10.9. The molecule has 1 atom stereocenters. The molecular formula is C13H21NO2. The SMILES string of the molecule is CNC(COc1cccc(OC)c1)C(C)C. The molecule has 0 spiro atoms. The minimum atomic E-state index is 0.367. The number of benzene rings is 1. The predicted molar refractivity (Wildman–Crippen MR) is 66.2 cm³/mol. The van der Waals surface area contributed by atoms with Gasteiger partial charge in [0.15, 0.2) is 0 Å². The van der Waals surface area contributed by atoms with Crippen molar-refractivity contribution in [1.29, 1.82) is 0 Å². The van der Waals surface area contributed by atoms with Crippen molar-refractivity contribution >= 4 is 0 Å². The Morgan fingerprint density at radius 3 is 2.50 bits per heavy atom. The van der Waals surface area contributed by atoms with Crippen LogP contribution in [0.25, 0.3) is 0 Å². The van der Waals surface area contributed by atoms with Gasteiger partial charge in [-0.2, -0.15) is 0 Å². The van der Waals surface area contributed by atoms with Crippen LogP contribution in [0.15, 0.2) is 24.3 Å². The van der Waals surface area contributed by atoms with Crippen molar-refractivity contribution in [2.24, 2.45) is 5.92 Å². The zero-order valence-electron chi connectivity index (χ0n) is 10.5. The highest BCUT2D eigenvalue weighted by molar-refractivity contribution is 5.32. The summed E-state index contributed by atoms with van der Waals surface area (Å²) in [7, 11) is 3.61. The van der Waals surface area contributed by atoms with Gasteiger partial charge < -0.3 is 14.8 Å². The molecule has 0 fully saturated rings. The minimum absolute atomic E-state index is 0.367. The van der Waals surface area contributed by atoms with E-state index in [4.69, 9.17) is 9.47 Å². The van der Waals surface area contributed by atoms with Crippen molar-refractivity contribution in [3.63, 3.8) is 0 Å². The van der Waals surface area contributed by atoms with Gasteiger partial charge in [-0.1, -0.05) is 19.9 Å². The summed E-state index contributed by atoms with van der Waals surface area (Å²) in [6, 6.07) is 8.04. The minimum Gasteiger partial charge on any atom is -0.497 e. The molecule has 16 heavy (non-hydrogen) atoms. The quantitative estimate of drug-likeness (QED) is 0.803. The lowest BCUT2D eigenvalue weighted by molar-refractivity contribution is 0.237. The first-order valence-electron chi connectivity index (χ1n) is 5.61. The molecule has 90 valence electrons. The third kappa shape index (κ3) is 3.74. The van der Waals surface area contributed by atoms with Crippen molar-refractivity contribution in [3.8, 4) is 11.5 Å². The van der Waals surface area contributed by atoms with Crippen molar-refractivity contribution in [2.45, 2.75) is 19.9 Å². The van der Waals surface area contributed by atoms with E-state index in [1.165, 1.54) is 0 Å². The van der Waals surface area contributed by atoms with E-state index in [1.807, 2.05) is 31.3 Å². The van der Waals surface area contributed by atoms with Gasteiger partial charge in [-0.15, -0.1) is 0 Å². The molecule has 0 saturated carbocycles. The van der Waals surface area contributed by atoms with Crippen molar-refractivity contribution in [1.82, 2.24) is 5.32 Å². The smallest absolute Gasteiger partial charge is 0.123 e. The summed E-state index contributed by atoms with van der Waals surface area (Å²) in [4.78, 5) is 0. The van der Waals surface area contributed by atoms with Crippen molar-refractivity contribution in [2.75, 3.05) is 20.8 Å². The molecule has 0 aliphatic rings. The fourth-order valence-corrected chi connectivity index (χ4v) is 1.49. The van der Waals surface area contributed by atoms with E-state index in [2.05, 4.69) is 19.2 Å². The second-order valence-electron chi connectivity index (χ2n) is 4.13. The van der Waals surface area contributed by atoms with Gasteiger partial charge in [-0.25, -0.2) is 0 Å². The highest BCUT2D eigenvalue weighted by Crippen LogP contribution is 2.19. The number of rotatable bonds is 6. The standard InChI is InChI=1S/C13H21NO2/c1-10(2)13(14-3)9-16-12-7-5-6-11(8-12)15-4/h5-8,10,13-14H,9H2,1-4H3. The zero-order valence-corrected chi connectivity index (χ0v) is 10.5. The molecule has 0 amide bonds. The maximum absolute atomic E-state index is 5.72. The lowest BCUT2D eigenvalue weighted by atomic mass is 10.1. The van der Waals surface area contributed by atoms with E-state index >= 15 is 0 Å². The Labute approximate surface area is 97.8 Å². The second-order valence-corrected chi connectivity index (χ2v) is 4.13. The molecular weight excluding hydrogens is 202 g/mol. The fraction of sp³-hybridized carbons (Fsp3) is 0.538. The monoisotopic (exact) mass is 223 g/mol. The Balaban J connectivity index is 2.53. The van der Waals surface area contributed by atoms with Gasteiger partial charge in [0, 0.05) is 12.1 Å². The molecule has 0 radical (unpaired) electrons. The normalized spacial score (nSPS) is 12.6. The van der Waals surface area contributed by atoms with Crippen LogP contribution >= 0.6 is 0 Å². The van der Waals surface area contributed by atoms with Gasteiger partial charge >= 0.3 is 0 Å². The van der Waals surface area contributed by atoms with E-state index in [-0.39, 0.29) is 0 Å². The molecule has 3 nitrogen and oxygen atoms in total. The fourth-order valence-electron chi connectivity index (χ4n) is 1.49. The Morgan fingerprint density at radius 2 is 1.94 bits per heavy atom. The average molecular weight is 223 g/mol. The molecule has 1 N–H and O–H groups in total. The molecule has 0 saturated heterocycles. The molecule has 0 bridgehead atoms. The molecule has 1 unspecified atom stereocenters. The van der Waals surface area contributed by atoms with Gasteiger partial charge in [0.25, 0.3) is 0 Å². The lowest BCUT2D eigenvalue weighted by Crippen LogP contribution is -2.36. The van der Waals surface area contributed by atoms with Crippen LogP contribution in [0, 0.1) is 5.92 Å². The number of hydrogen-bond donors (Lipinski definition) is 1. The zero-order chi connectivity index (χ0) is 12.0. The molecule has 1 aromatic carbocycles. The van der Waals surface area contributed by atoms with Gasteiger partial charge in [0.05, 0.1) is 7.11 Å². The summed E-state index contributed by atoms with van der Waals surface area (Å²) in [6.45, 7) is 5.02. The van der Waals surface area contributed by atoms with E-state index in [0.29, 0.717) is 18.6 Å². The topological polar surface area (TPSA) is 30.5 Å². The van der Waals surface area contributed by atoms with E-state index in [1.54, 1.807) is 7.11 Å². The Morgan fingerprint density at radius 1 is 1.25 bits per heavy atom. The van der Waals surface area contributed by atoms with Gasteiger partial charge in [0.2, 0.25) is 0 Å². The first-order valence-corrected chi connectivity index (χ1v) is 5.61. The van der Waals surface area contributed by atoms with Gasteiger partial charge in [-0.3, -0.25) is 0 Å². The average Bonchev–Trinajstić information content (AvgIpc) is 2.29. The highest BCUT2D eigenvalue weighted by Gasteiger charge is 2.11. The van der Waals surface area contributed by atoms with Gasteiger partial charge in [0.1, 0.15) is 18.1 Å². The lowest BCUT2D eigenvalue weighted by Gasteiger charge is -2.20. The molecule has 0 aromatic heterocycles. The van der Waals surface area contributed by atoms with Crippen LogP contribution < -0.4 is 14.8 Å². The maximum atomic E-state index is 5.72. The maximum Gasteiger partial charge on any atom is 0.123 e. The van der Waals surface area contributed by atoms with Crippen molar-refractivity contribution in [3.05, 3.63) is 24.3 Å². The third-order valence-electron chi connectivity index (χ3n) is 2.65. The molecule has 3 heteroatoms. The number of nitrogens with one attached hydrogen (secondary N) is 1. The summed E-state index contributed by atoms with van der Waals surface area (Å²) in [5.74, 6) is 2.22. The van der Waals surface area contributed by atoms with Crippen LogP contribution in [0.4, 0.5) is 0 Å². The summed E-state index contributed by atoms with van der Waals surface area (Å²) >= 11 is 0.